The molecule has 0 aliphatic rings. The van der Waals surface area contributed by atoms with Gasteiger partial charge in [0.2, 0.25) is 15.7 Å². The zero-order valence-corrected chi connectivity index (χ0v) is 16.8. The van der Waals surface area contributed by atoms with Crippen molar-refractivity contribution in [3.05, 3.63) is 101 Å². The molecule has 0 aliphatic heterocycles. The van der Waals surface area contributed by atoms with Gasteiger partial charge in [-0.05, 0) is 35.9 Å². The number of sulfone groups is 1. The molecule has 9 heteroatoms. The molecular formula is C22H16FN3O4S. The maximum Gasteiger partial charge on any atom is 0.294 e. The van der Waals surface area contributed by atoms with Crippen LogP contribution >= 0.6 is 0 Å². The fourth-order valence-corrected chi connectivity index (χ4v) is 4.49. The van der Waals surface area contributed by atoms with Crippen LogP contribution in [0.3, 0.4) is 0 Å². The molecule has 31 heavy (non-hydrogen) atoms. The van der Waals surface area contributed by atoms with Crippen molar-refractivity contribution >= 4 is 26.5 Å². The number of rotatable bonds is 5. The van der Waals surface area contributed by atoms with Gasteiger partial charge >= 0.3 is 0 Å². The van der Waals surface area contributed by atoms with Crippen molar-refractivity contribution in [3.63, 3.8) is 0 Å². The lowest BCUT2D eigenvalue weighted by Crippen LogP contribution is -2.37. The van der Waals surface area contributed by atoms with Crippen molar-refractivity contribution < 1.29 is 17.6 Å². The van der Waals surface area contributed by atoms with Crippen molar-refractivity contribution in [3.8, 4) is 0 Å². The van der Waals surface area contributed by atoms with Crippen LogP contribution in [0.1, 0.15) is 5.56 Å². The van der Waals surface area contributed by atoms with E-state index in [0.717, 1.165) is 0 Å². The molecule has 1 amide bonds. The lowest BCUT2D eigenvalue weighted by Gasteiger charge is -2.12. The first-order chi connectivity index (χ1) is 14.9. The summed E-state index contributed by atoms with van der Waals surface area (Å²) in [6, 6.07) is 19.2. The monoisotopic (exact) mass is 437 g/mol. The van der Waals surface area contributed by atoms with Crippen molar-refractivity contribution in [1.29, 1.82) is 0 Å². The average molecular weight is 437 g/mol. The smallest absolute Gasteiger partial charge is 0.273 e. The fraction of sp³-hybridized carbons (Fsp3) is 0.0455. The number of fused-ring (bicyclic) bond motifs is 1. The molecule has 4 rings (SSSR count). The highest BCUT2D eigenvalue weighted by atomic mass is 32.2. The van der Waals surface area contributed by atoms with E-state index in [-0.39, 0.29) is 27.1 Å². The zero-order valence-electron chi connectivity index (χ0n) is 16.0. The number of aromatic nitrogens is 2. The molecule has 0 radical (unpaired) electrons. The van der Waals surface area contributed by atoms with Gasteiger partial charge in [0.05, 0.1) is 16.7 Å². The molecule has 0 fully saturated rings. The molecule has 0 unspecified atom stereocenters. The second kappa shape index (κ2) is 8.11. The number of halogens is 1. The highest BCUT2D eigenvalue weighted by molar-refractivity contribution is 7.91. The molecule has 0 atom stereocenters. The van der Waals surface area contributed by atoms with Crippen LogP contribution in [0.5, 0.6) is 0 Å². The van der Waals surface area contributed by atoms with Crippen LogP contribution in [0.4, 0.5) is 4.39 Å². The Morgan fingerprint density at radius 2 is 1.52 bits per heavy atom. The molecule has 0 saturated carbocycles. The van der Waals surface area contributed by atoms with Crippen molar-refractivity contribution in [1.82, 2.24) is 9.89 Å². The number of carbonyl (C=O) groups is 1. The first kappa shape index (κ1) is 20.4. The third-order valence-corrected chi connectivity index (χ3v) is 6.29. The normalized spacial score (nSPS) is 11.4. The predicted octanol–water partition coefficient (Wildman–Crippen LogP) is 2.68. The summed E-state index contributed by atoms with van der Waals surface area (Å²) >= 11 is 0. The van der Waals surface area contributed by atoms with Gasteiger partial charge in [-0.1, -0.05) is 48.5 Å². The quantitative estimate of drug-likeness (QED) is 0.518. The molecule has 0 aliphatic carbocycles. The number of nitrogens with one attached hydrogen (secondary N) is 1. The van der Waals surface area contributed by atoms with Gasteiger partial charge in [-0.15, -0.1) is 9.89 Å². The van der Waals surface area contributed by atoms with Crippen LogP contribution in [-0.4, -0.2) is 24.2 Å². The predicted molar refractivity (Wildman–Crippen MR) is 112 cm³/mol. The number of benzene rings is 3. The lowest BCUT2D eigenvalue weighted by molar-refractivity contribution is -0.116. The molecule has 0 spiro atoms. The maximum atomic E-state index is 13.2. The Hall–Kier alpha value is -3.85. The van der Waals surface area contributed by atoms with Crippen LogP contribution in [0, 0.1) is 5.82 Å². The molecule has 7 nitrogen and oxygen atoms in total. The summed E-state index contributed by atoms with van der Waals surface area (Å²) in [6.07, 6.45) is -0.151. The summed E-state index contributed by atoms with van der Waals surface area (Å²) < 4.78 is 39.4. The second-order valence-electron chi connectivity index (χ2n) is 6.72. The van der Waals surface area contributed by atoms with Gasteiger partial charge < -0.3 is 0 Å². The number of amides is 1. The van der Waals surface area contributed by atoms with Crippen LogP contribution in [0.15, 0.2) is 93.6 Å². The third kappa shape index (κ3) is 4.08. The highest BCUT2D eigenvalue weighted by Crippen LogP contribution is 2.24. The molecule has 3 aromatic carbocycles. The molecule has 156 valence electrons. The zero-order chi connectivity index (χ0) is 22.0. The molecule has 0 saturated heterocycles. The molecule has 1 heterocycles. The Morgan fingerprint density at radius 1 is 0.903 bits per heavy atom. The number of carbonyl (C=O) groups excluding carboxylic acids is 1. The number of hydrogen-bond acceptors (Lipinski definition) is 5. The van der Waals surface area contributed by atoms with Gasteiger partial charge in [0.15, 0.2) is 5.03 Å². The van der Waals surface area contributed by atoms with Crippen LogP contribution in [-0.2, 0) is 21.1 Å². The fourth-order valence-electron chi connectivity index (χ4n) is 3.09. The van der Waals surface area contributed by atoms with Gasteiger partial charge in [-0.25, -0.2) is 18.2 Å². The first-order valence-electron chi connectivity index (χ1n) is 9.23. The van der Waals surface area contributed by atoms with Gasteiger partial charge in [0.25, 0.3) is 5.56 Å². The van der Waals surface area contributed by atoms with E-state index in [1.54, 1.807) is 30.3 Å². The van der Waals surface area contributed by atoms with E-state index >= 15 is 0 Å². The number of nitrogens with zero attached hydrogens (tertiary/aromatic N) is 2. The van der Waals surface area contributed by atoms with Gasteiger partial charge in [-0.3, -0.25) is 9.59 Å². The highest BCUT2D eigenvalue weighted by Gasteiger charge is 2.25. The van der Waals surface area contributed by atoms with Gasteiger partial charge in [0.1, 0.15) is 5.82 Å². The van der Waals surface area contributed by atoms with Gasteiger partial charge in [-0.2, -0.15) is 0 Å². The molecule has 1 aromatic heterocycles. The Kier molecular flexibility index (Phi) is 5.35. The topological polar surface area (TPSA) is 98.1 Å². The summed E-state index contributed by atoms with van der Waals surface area (Å²) in [6.45, 7) is 0. The minimum atomic E-state index is -4.07. The third-order valence-electron chi connectivity index (χ3n) is 4.59. The molecule has 0 bridgehead atoms. The van der Waals surface area contributed by atoms with Crippen molar-refractivity contribution in [2.24, 2.45) is 0 Å². The van der Waals surface area contributed by atoms with E-state index in [1.807, 2.05) is 0 Å². The van der Waals surface area contributed by atoms with Crippen molar-refractivity contribution in [2.45, 2.75) is 16.3 Å². The second-order valence-corrected chi connectivity index (χ2v) is 8.59. The Bertz CT molecular complexity index is 1430. The lowest BCUT2D eigenvalue weighted by atomic mass is 10.1. The summed E-state index contributed by atoms with van der Waals surface area (Å²) in [7, 11) is -4.07. The Morgan fingerprint density at radius 3 is 2.19 bits per heavy atom. The largest absolute Gasteiger partial charge is 0.294 e. The molecular weight excluding hydrogens is 421 g/mol. The SMILES string of the molecule is O=C(Cc1ccc(F)cc1)Nn1nc(S(=O)(=O)c2ccccc2)c2ccccc2c1=O. The van der Waals surface area contributed by atoms with Gasteiger partial charge in [0, 0.05) is 5.39 Å². The summed E-state index contributed by atoms with van der Waals surface area (Å²) in [4.78, 5) is 25.9. The van der Waals surface area contributed by atoms with E-state index in [1.165, 1.54) is 48.5 Å². The molecule has 1 N–H and O–H groups in total. The van der Waals surface area contributed by atoms with Crippen molar-refractivity contribution in [2.75, 3.05) is 5.43 Å². The number of hydrogen-bond donors (Lipinski definition) is 1. The standard InChI is InChI=1S/C22H16FN3O4S/c23-16-12-10-15(11-13-16)14-20(27)24-26-22(28)19-9-5-4-8-18(19)21(25-26)31(29,30)17-6-2-1-3-7-17/h1-13H,14H2,(H,24,27). The summed E-state index contributed by atoms with van der Waals surface area (Å²) in [5, 5.41) is 3.86. The van der Waals surface area contributed by atoms with Crippen LogP contribution in [0.2, 0.25) is 0 Å². The summed E-state index contributed by atoms with van der Waals surface area (Å²) in [5.74, 6) is -1.05. The van der Waals surface area contributed by atoms with E-state index in [4.69, 9.17) is 0 Å². The minimum absolute atomic E-state index is 0.00971. The summed E-state index contributed by atoms with van der Waals surface area (Å²) in [5.41, 5.74) is 2.17. The first-order valence-corrected chi connectivity index (χ1v) is 10.7. The molecule has 4 aromatic rings. The average Bonchev–Trinajstić information content (AvgIpc) is 2.78. The van der Waals surface area contributed by atoms with E-state index in [9.17, 15) is 22.4 Å². The Labute approximate surface area is 176 Å². The Balaban J connectivity index is 1.78. The minimum Gasteiger partial charge on any atom is -0.273 e. The van der Waals surface area contributed by atoms with Crippen LogP contribution in [0.25, 0.3) is 10.8 Å². The van der Waals surface area contributed by atoms with Crippen LogP contribution < -0.4 is 11.0 Å². The van der Waals surface area contributed by atoms with E-state index < -0.39 is 27.1 Å². The maximum absolute atomic E-state index is 13.2. The van der Waals surface area contributed by atoms with E-state index in [2.05, 4.69) is 10.5 Å². The van der Waals surface area contributed by atoms with E-state index in [0.29, 0.717) is 10.4 Å².